The summed E-state index contributed by atoms with van der Waals surface area (Å²) in [6, 6.07) is 22.8. The normalized spacial score (nSPS) is 11.8. The summed E-state index contributed by atoms with van der Waals surface area (Å²) in [4.78, 5) is 12.8. The van der Waals surface area contributed by atoms with Gasteiger partial charge in [-0.05, 0) is 62.4 Å². The summed E-state index contributed by atoms with van der Waals surface area (Å²) in [6.45, 7) is 3.87. The SMILES string of the molecule is COc1ccc(-n2c(S[C@@H](C)C(=O)Nc3cccc(Cl)c3)nnc2-c2cccc(C)c2)cc1. The van der Waals surface area contributed by atoms with E-state index in [1.807, 2.05) is 60.9 Å². The number of nitrogens with one attached hydrogen (secondary N) is 1. The maximum atomic E-state index is 12.8. The topological polar surface area (TPSA) is 69.0 Å². The summed E-state index contributed by atoms with van der Waals surface area (Å²) >= 11 is 7.37. The highest BCUT2D eigenvalue weighted by molar-refractivity contribution is 8.00. The van der Waals surface area contributed by atoms with Crippen molar-refractivity contribution in [1.29, 1.82) is 0 Å². The van der Waals surface area contributed by atoms with Crippen molar-refractivity contribution >= 4 is 35.0 Å². The molecule has 1 aromatic heterocycles. The van der Waals surface area contributed by atoms with Crippen LogP contribution in [0.5, 0.6) is 5.75 Å². The smallest absolute Gasteiger partial charge is 0.237 e. The highest BCUT2D eigenvalue weighted by atomic mass is 35.5. The number of ether oxygens (including phenoxy) is 1. The number of methoxy groups -OCH3 is 1. The van der Waals surface area contributed by atoms with Crippen molar-refractivity contribution in [2.45, 2.75) is 24.3 Å². The molecule has 1 amide bonds. The highest BCUT2D eigenvalue weighted by Gasteiger charge is 2.22. The largest absolute Gasteiger partial charge is 0.497 e. The van der Waals surface area contributed by atoms with Crippen molar-refractivity contribution in [2.75, 3.05) is 12.4 Å². The molecular formula is C25H23ClN4O2S. The Morgan fingerprint density at radius 1 is 1.06 bits per heavy atom. The average molecular weight is 479 g/mol. The van der Waals surface area contributed by atoms with Crippen molar-refractivity contribution in [1.82, 2.24) is 14.8 Å². The molecule has 0 fully saturated rings. The Hall–Kier alpha value is -3.29. The second kappa shape index (κ2) is 10.1. The molecule has 0 saturated heterocycles. The fraction of sp³-hybridized carbons (Fsp3) is 0.160. The van der Waals surface area contributed by atoms with Crippen LogP contribution in [0.25, 0.3) is 17.1 Å². The summed E-state index contributed by atoms with van der Waals surface area (Å²) < 4.78 is 7.26. The van der Waals surface area contributed by atoms with E-state index in [0.29, 0.717) is 21.7 Å². The molecule has 0 spiro atoms. The van der Waals surface area contributed by atoms with Crippen LogP contribution >= 0.6 is 23.4 Å². The molecule has 0 aliphatic rings. The van der Waals surface area contributed by atoms with Gasteiger partial charge in [0.15, 0.2) is 11.0 Å². The Labute approximate surface area is 202 Å². The van der Waals surface area contributed by atoms with E-state index in [4.69, 9.17) is 16.3 Å². The second-order valence-electron chi connectivity index (χ2n) is 7.47. The first-order chi connectivity index (χ1) is 15.9. The third-order valence-electron chi connectivity index (χ3n) is 4.98. The van der Waals surface area contributed by atoms with Crippen molar-refractivity contribution < 1.29 is 9.53 Å². The molecule has 8 heteroatoms. The van der Waals surface area contributed by atoms with E-state index in [1.54, 1.807) is 31.4 Å². The first-order valence-corrected chi connectivity index (χ1v) is 11.6. The molecule has 0 radical (unpaired) electrons. The molecule has 0 unspecified atom stereocenters. The number of nitrogens with zero attached hydrogens (tertiary/aromatic N) is 3. The molecule has 168 valence electrons. The maximum Gasteiger partial charge on any atom is 0.237 e. The molecule has 1 N–H and O–H groups in total. The minimum atomic E-state index is -0.421. The van der Waals surface area contributed by atoms with Gasteiger partial charge in [-0.1, -0.05) is 53.2 Å². The molecule has 0 bridgehead atoms. The van der Waals surface area contributed by atoms with E-state index in [9.17, 15) is 4.79 Å². The molecule has 0 aliphatic heterocycles. The number of benzene rings is 3. The average Bonchev–Trinajstić information content (AvgIpc) is 3.22. The Balaban J connectivity index is 1.66. The van der Waals surface area contributed by atoms with Gasteiger partial charge >= 0.3 is 0 Å². The third-order valence-corrected chi connectivity index (χ3v) is 6.26. The van der Waals surface area contributed by atoms with Crippen molar-refractivity contribution in [2.24, 2.45) is 0 Å². The highest BCUT2D eigenvalue weighted by Crippen LogP contribution is 2.31. The Morgan fingerprint density at radius 2 is 1.82 bits per heavy atom. The van der Waals surface area contributed by atoms with Gasteiger partial charge in [0.2, 0.25) is 5.91 Å². The summed E-state index contributed by atoms with van der Waals surface area (Å²) in [7, 11) is 1.63. The first-order valence-electron chi connectivity index (χ1n) is 10.3. The van der Waals surface area contributed by atoms with Gasteiger partial charge in [0.25, 0.3) is 0 Å². The van der Waals surface area contributed by atoms with Gasteiger partial charge < -0.3 is 10.1 Å². The van der Waals surface area contributed by atoms with Crippen LogP contribution in [0.2, 0.25) is 5.02 Å². The van der Waals surface area contributed by atoms with Gasteiger partial charge in [0.1, 0.15) is 5.75 Å². The van der Waals surface area contributed by atoms with Crippen molar-refractivity contribution in [3.05, 3.63) is 83.4 Å². The van der Waals surface area contributed by atoms with Crippen LogP contribution in [0.3, 0.4) is 0 Å². The van der Waals surface area contributed by atoms with E-state index < -0.39 is 5.25 Å². The van der Waals surface area contributed by atoms with Crippen LogP contribution in [0, 0.1) is 6.92 Å². The molecule has 0 saturated carbocycles. The zero-order chi connectivity index (χ0) is 23.4. The van der Waals surface area contributed by atoms with Crippen LogP contribution in [-0.4, -0.2) is 33.0 Å². The van der Waals surface area contributed by atoms with E-state index in [0.717, 1.165) is 22.6 Å². The van der Waals surface area contributed by atoms with Crippen LogP contribution in [-0.2, 0) is 4.79 Å². The van der Waals surface area contributed by atoms with Crippen LogP contribution in [0.4, 0.5) is 5.69 Å². The third kappa shape index (κ3) is 5.38. The molecule has 33 heavy (non-hydrogen) atoms. The second-order valence-corrected chi connectivity index (χ2v) is 9.21. The van der Waals surface area contributed by atoms with E-state index >= 15 is 0 Å². The molecule has 0 aliphatic carbocycles. The van der Waals surface area contributed by atoms with E-state index in [-0.39, 0.29) is 5.91 Å². The number of thioether (sulfide) groups is 1. The lowest BCUT2D eigenvalue weighted by atomic mass is 10.1. The lowest BCUT2D eigenvalue weighted by Crippen LogP contribution is -2.22. The molecule has 6 nitrogen and oxygen atoms in total. The van der Waals surface area contributed by atoms with E-state index in [2.05, 4.69) is 21.6 Å². The van der Waals surface area contributed by atoms with Gasteiger partial charge in [0.05, 0.1) is 12.4 Å². The quantitative estimate of drug-likeness (QED) is 0.329. The fourth-order valence-corrected chi connectivity index (χ4v) is 4.36. The van der Waals surface area contributed by atoms with Gasteiger partial charge in [-0.25, -0.2) is 0 Å². The number of hydrogen-bond acceptors (Lipinski definition) is 5. The van der Waals surface area contributed by atoms with Gasteiger partial charge in [-0.2, -0.15) is 0 Å². The summed E-state index contributed by atoms with van der Waals surface area (Å²) in [5.74, 6) is 1.31. The zero-order valence-electron chi connectivity index (χ0n) is 18.4. The predicted octanol–water partition coefficient (Wildman–Crippen LogP) is 6.02. The number of carbonyl (C=O) groups excluding carboxylic acids is 1. The van der Waals surface area contributed by atoms with Crippen molar-refractivity contribution in [3.8, 4) is 22.8 Å². The molecular weight excluding hydrogens is 456 g/mol. The Morgan fingerprint density at radius 3 is 2.52 bits per heavy atom. The van der Waals surface area contributed by atoms with Gasteiger partial charge in [-0.15, -0.1) is 10.2 Å². The minimum absolute atomic E-state index is 0.149. The number of hydrogen-bond donors (Lipinski definition) is 1. The molecule has 4 rings (SSSR count). The van der Waals surface area contributed by atoms with Crippen LogP contribution in [0.1, 0.15) is 12.5 Å². The minimum Gasteiger partial charge on any atom is -0.497 e. The predicted molar refractivity (Wildman–Crippen MR) is 133 cm³/mol. The van der Waals surface area contributed by atoms with E-state index in [1.165, 1.54) is 11.8 Å². The van der Waals surface area contributed by atoms with Crippen LogP contribution < -0.4 is 10.1 Å². The number of aromatic nitrogens is 3. The molecule has 1 atom stereocenters. The monoisotopic (exact) mass is 478 g/mol. The molecule has 1 heterocycles. The number of aryl methyl sites for hydroxylation is 1. The first kappa shape index (κ1) is 22.9. The van der Waals surface area contributed by atoms with Crippen molar-refractivity contribution in [3.63, 3.8) is 0 Å². The summed E-state index contributed by atoms with van der Waals surface area (Å²) in [5, 5.41) is 12.6. The number of halogens is 1. The number of amides is 1. The fourth-order valence-electron chi connectivity index (χ4n) is 3.30. The van der Waals surface area contributed by atoms with Gasteiger partial charge in [0, 0.05) is 22.0 Å². The molecule has 4 aromatic rings. The number of rotatable bonds is 7. The summed E-state index contributed by atoms with van der Waals surface area (Å²) in [6.07, 6.45) is 0. The van der Waals surface area contributed by atoms with Gasteiger partial charge in [-0.3, -0.25) is 9.36 Å². The lowest BCUT2D eigenvalue weighted by Gasteiger charge is -2.14. The lowest BCUT2D eigenvalue weighted by molar-refractivity contribution is -0.115. The standard InChI is InChI=1S/C25H23ClN4O2S/c1-16-6-4-7-18(14-16)23-28-29-25(30(23)21-10-12-22(32-3)13-11-21)33-17(2)24(31)27-20-9-5-8-19(26)15-20/h4-15,17H,1-3H3,(H,27,31)/t17-/m0/s1. The van der Waals surface area contributed by atoms with Crippen LogP contribution in [0.15, 0.2) is 78.0 Å². The number of anilines is 1. The Kier molecular flexibility index (Phi) is 7.01. The summed E-state index contributed by atoms with van der Waals surface area (Å²) in [5.41, 5.74) is 3.60. The Bertz CT molecular complexity index is 1270. The maximum absolute atomic E-state index is 12.8. The molecule has 3 aromatic carbocycles. The number of carbonyl (C=O) groups is 1. The zero-order valence-corrected chi connectivity index (χ0v) is 20.0.